The van der Waals surface area contributed by atoms with Crippen molar-refractivity contribution in [3.8, 4) is 0 Å². The number of carbonyl (C=O) groups is 2. The summed E-state index contributed by atoms with van der Waals surface area (Å²) in [6.45, 7) is 2.21. The number of piperidine rings is 1. The van der Waals surface area contributed by atoms with Crippen molar-refractivity contribution in [2.45, 2.75) is 31.3 Å². The second-order valence-corrected chi connectivity index (χ2v) is 6.94. The summed E-state index contributed by atoms with van der Waals surface area (Å²) < 4.78 is 15.8. The number of hydrogen-bond donors (Lipinski definition) is 2. The molecule has 0 spiro atoms. The standard InChI is InChI=1S/C19H22FN5O2/c20-14-5-1-2-6-17(14)24-10-7-16(19(24)27)22-18(26)15-8-11-25(23-15)13-4-3-9-21-12-13/h1-2,5-6,8,11,13,16,21H,3-4,7,9-10,12H2,(H,22,26). The zero-order valence-electron chi connectivity index (χ0n) is 14.9. The third-order valence-electron chi connectivity index (χ3n) is 5.14. The summed E-state index contributed by atoms with van der Waals surface area (Å²) in [6, 6.07) is 7.39. The normalized spacial score (nSPS) is 22.9. The molecule has 8 heteroatoms. The van der Waals surface area contributed by atoms with E-state index in [-0.39, 0.29) is 29.2 Å². The van der Waals surface area contributed by atoms with Crippen molar-refractivity contribution in [2.75, 3.05) is 24.5 Å². The Labute approximate surface area is 156 Å². The molecule has 2 saturated heterocycles. The number of benzene rings is 1. The fraction of sp³-hybridized carbons (Fsp3) is 0.421. The van der Waals surface area contributed by atoms with Crippen molar-refractivity contribution in [2.24, 2.45) is 0 Å². The summed E-state index contributed by atoms with van der Waals surface area (Å²) in [5, 5.41) is 10.4. The molecule has 2 unspecified atom stereocenters. The summed E-state index contributed by atoms with van der Waals surface area (Å²) in [5.41, 5.74) is 0.533. The molecule has 2 aliphatic rings. The zero-order chi connectivity index (χ0) is 18.8. The van der Waals surface area contributed by atoms with Crippen LogP contribution in [0.5, 0.6) is 0 Å². The molecular weight excluding hydrogens is 349 g/mol. The first kappa shape index (κ1) is 17.7. The van der Waals surface area contributed by atoms with Gasteiger partial charge in [-0.15, -0.1) is 0 Å². The monoisotopic (exact) mass is 371 g/mol. The Balaban J connectivity index is 1.41. The third-order valence-corrected chi connectivity index (χ3v) is 5.14. The Hall–Kier alpha value is -2.74. The van der Waals surface area contributed by atoms with Gasteiger partial charge in [-0.25, -0.2) is 4.39 Å². The summed E-state index contributed by atoms with van der Waals surface area (Å²) in [5.74, 6) is -1.13. The first-order valence-electron chi connectivity index (χ1n) is 9.26. The Morgan fingerprint density at radius 2 is 2.11 bits per heavy atom. The zero-order valence-corrected chi connectivity index (χ0v) is 14.9. The van der Waals surface area contributed by atoms with E-state index in [2.05, 4.69) is 15.7 Å². The quantitative estimate of drug-likeness (QED) is 0.853. The van der Waals surface area contributed by atoms with E-state index < -0.39 is 11.9 Å². The van der Waals surface area contributed by atoms with Crippen LogP contribution in [-0.4, -0.2) is 47.3 Å². The van der Waals surface area contributed by atoms with E-state index in [9.17, 15) is 14.0 Å². The van der Waals surface area contributed by atoms with Crippen LogP contribution in [0.2, 0.25) is 0 Å². The molecule has 2 aromatic rings. The van der Waals surface area contributed by atoms with Crippen LogP contribution in [-0.2, 0) is 4.79 Å². The van der Waals surface area contributed by atoms with Crippen LogP contribution in [0.3, 0.4) is 0 Å². The van der Waals surface area contributed by atoms with Gasteiger partial charge in [-0.3, -0.25) is 14.3 Å². The van der Waals surface area contributed by atoms with Crippen LogP contribution in [0.1, 0.15) is 35.8 Å². The van der Waals surface area contributed by atoms with E-state index in [1.165, 1.54) is 11.0 Å². The van der Waals surface area contributed by atoms with E-state index in [1.54, 1.807) is 30.5 Å². The van der Waals surface area contributed by atoms with Gasteiger partial charge in [-0.05, 0) is 44.0 Å². The van der Waals surface area contributed by atoms with Crippen LogP contribution in [0, 0.1) is 5.82 Å². The maximum Gasteiger partial charge on any atom is 0.272 e. The summed E-state index contributed by atoms with van der Waals surface area (Å²) in [7, 11) is 0. The van der Waals surface area contributed by atoms with Crippen LogP contribution < -0.4 is 15.5 Å². The molecule has 2 atom stereocenters. The average molecular weight is 371 g/mol. The maximum absolute atomic E-state index is 13.9. The SMILES string of the molecule is O=C(NC1CCN(c2ccccc2F)C1=O)c1ccn(C2CCCNC2)n1. The van der Waals surface area contributed by atoms with Crippen molar-refractivity contribution in [3.63, 3.8) is 0 Å². The number of aromatic nitrogens is 2. The molecule has 0 aliphatic carbocycles. The molecule has 142 valence electrons. The lowest BCUT2D eigenvalue weighted by Crippen LogP contribution is -2.42. The van der Waals surface area contributed by atoms with E-state index >= 15 is 0 Å². The highest BCUT2D eigenvalue weighted by Crippen LogP contribution is 2.24. The molecule has 7 nitrogen and oxygen atoms in total. The average Bonchev–Trinajstić information content (AvgIpc) is 3.31. The fourth-order valence-electron chi connectivity index (χ4n) is 3.68. The van der Waals surface area contributed by atoms with E-state index in [0.29, 0.717) is 13.0 Å². The predicted molar refractivity (Wildman–Crippen MR) is 98.0 cm³/mol. The molecule has 3 heterocycles. The number of amides is 2. The van der Waals surface area contributed by atoms with Crippen LogP contribution in [0.15, 0.2) is 36.5 Å². The number of hydrogen-bond acceptors (Lipinski definition) is 4. The minimum absolute atomic E-state index is 0.241. The Morgan fingerprint density at radius 1 is 1.26 bits per heavy atom. The minimum Gasteiger partial charge on any atom is -0.339 e. The predicted octanol–water partition coefficient (Wildman–Crippen LogP) is 1.48. The number of para-hydroxylation sites is 1. The number of anilines is 1. The van der Waals surface area contributed by atoms with Crippen molar-refractivity contribution >= 4 is 17.5 Å². The van der Waals surface area contributed by atoms with Gasteiger partial charge < -0.3 is 15.5 Å². The molecule has 2 fully saturated rings. The number of carbonyl (C=O) groups excluding carboxylic acids is 2. The molecule has 2 aliphatic heterocycles. The van der Waals surface area contributed by atoms with Gasteiger partial charge >= 0.3 is 0 Å². The Bertz CT molecular complexity index is 846. The molecule has 27 heavy (non-hydrogen) atoms. The van der Waals surface area contributed by atoms with Crippen molar-refractivity contribution in [1.82, 2.24) is 20.4 Å². The minimum atomic E-state index is -0.668. The largest absolute Gasteiger partial charge is 0.339 e. The molecule has 0 radical (unpaired) electrons. The molecule has 1 aromatic heterocycles. The van der Waals surface area contributed by atoms with Crippen LogP contribution in [0.4, 0.5) is 10.1 Å². The smallest absolute Gasteiger partial charge is 0.272 e. The first-order chi connectivity index (χ1) is 13.1. The van der Waals surface area contributed by atoms with E-state index in [0.717, 1.165) is 25.9 Å². The maximum atomic E-state index is 13.9. The molecule has 2 amide bonds. The summed E-state index contributed by atoms with van der Waals surface area (Å²) in [6.07, 6.45) is 4.34. The second-order valence-electron chi connectivity index (χ2n) is 6.94. The van der Waals surface area contributed by atoms with Crippen molar-refractivity contribution < 1.29 is 14.0 Å². The third kappa shape index (κ3) is 3.57. The Morgan fingerprint density at radius 3 is 2.89 bits per heavy atom. The van der Waals surface area contributed by atoms with Gasteiger partial charge in [0.05, 0.1) is 11.7 Å². The van der Waals surface area contributed by atoms with Gasteiger partial charge in [0.15, 0.2) is 0 Å². The highest BCUT2D eigenvalue weighted by Gasteiger charge is 2.35. The topological polar surface area (TPSA) is 79.3 Å². The summed E-state index contributed by atoms with van der Waals surface area (Å²) in [4.78, 5) is 26.5. The van der Waals surface area contributed by atoms with Gasteiger partial charge in [-0.1, -0.05) is 12.1 Å². The molecule has 2 N–H and O–H groups in total. The highest BCUT2D eigenvalue weighted by molar-refractivity contribution is 6.03. The van der Waals surface area contributed by atoms with Crippen LogP contribution >= 0.6 is 0 Å². The molecule has 0 bridgehead atoms. The Kier molecular flexibility index (Phi) is 4.89. The van der Waals surface area contributed by atoms with Crippen molar-refractivity contribution in [1.29, 1.82) is 0 Å². The van der Waals surface area contributed by atoms with Gasteiger partial charge in [0.1, 0.15) is 17.6 Å². The number of nitrogens with one attached hydrogen (secondary N) is 2. The molecule has 4 rings (SSSR count). The number of nitrogens with zero attached hydrogens (tertiary/aromatic N) is 3. The van der Waals surface area contributed by atoms with Gasteiger partial charge in [0.25, 0.3) is 5.91 Å². The number of halogens is 1. The molecule has 0 saturated carbocycles. The second kappa shape index (κ2) is 7.48. The highest BCUT2D eigenvalue weighted by atomic mass is 19.1. The lowest BCUT2D eigenvalue weighted by Gasteiger charge is -2.22. The van der Waals surface area contributed by atoms with Gasteiger partial charge in [0.2, 0.25) is 5.91 Å². The number of rotatable bonds is 4. The fourth-order valence-corrected chi connectivity index (χ4v) is 3.68. The summed E-state index contributed by atoms with van der Waals surface area (Å²) >= 11 is 0. The van der Waals surface area contributed by atoms with Crippen molar-refractivity contribution in [3.05, 3.63) is 48.0 Å². The molecule has 1 aromatic carbocycles. The van der Waals surface area contributed by atoms with E-state index in [1.807, 2.05) is 4.68 Å². The first-order valence-corrected chi connectivity index (χ1v) is 9.26. The van der Waals surface area contributed by atoms with Gasteiger partial charge in [-0.2, -0.15) is 5.10 Å². The van der Waals surface area contributed by atoms with E-state index in [4.69, 9.17) is 0 Å². The lowest BCUT2D eigenvalue weighted by atomic mass is 10.1. The molecular formula is C19H22FN5O2. The lowest BCUT2D eigenvalue weighted by molar-refractivity contribution is -0.118. The van der Waals surface area contributed by atoms with Crippen LogP contribution in [0.25, 0.3) is 0 Å². The van der Waals surface area contributed by atoms with Gasteiger partial charge in [0, 0.05) is 19.3 Å².